The number of halogens is 3. The molecule has 1 unspecified atom stereocenters. The maximum absolute atomic E-state index is 12.2. The van der Waals surface area contributed by atoms with E-state index in [0.29, 0.717) is 0 Å². The van der Waals surface area contributed by atoms with Crippen LogP contribution in [0.25, 0.3) is 0 Å². The van der Waals surface area contributed by atoms with Crippen molar-refractivity contribution < 1.29 is 27.5 Å². The number of amides is 1. The lowest BCUT2D eigenvalue weighted by atomic mass is 9.98. The first kappa shape index (κ1) is 17.7. The second-order valence-corrected chi connectivity index (χ2v) is 4.86. The molecule has 0 heterocycles. The molecule has 0 rings (SSSR count). The monoisotopic (exact) mass is 283 g/mol. The Bertz CT molecular complexity index is 314. The van der Waals surface area contributed by atoms with Crippen LogP contribution in [0.4, 0.5) is 18.0 Å². The molecule has 0 fully saturated rings. The first-order valence-electron chi connectivity index (χ1n) is 6.10. The normalized spacial score (nSPS) is 13.5. The van der Waals surface area contributed by atoms with Crippen molar-refractivity contribution in [3.8, 4) is 0 Å². The molecule has 1 N–H and O–H groups in total. The third-order valence-corrected chi connectivity index (χ3v) is 2.26. The van der Waals surface area contributed by atoms with Crippen molar-refractivity contribution >= 4 is 11.9 Å². The maximum Gasteiger partial charge on any atom is 0.407 e. The van der Waals surface area contributed by atoms with Crippen LogP contribution in [0.15, 0.2) is 0 Å². The van der Waals surface area contributed by atoms with Crippen LogP contribution in [-0.2, 0) is 9.53 Å². The molecule has 0 radical (unpaired) electrons. The summed E-state index contributed by atoms with van der Waals surface area (Å²) in [5, 5.41) is 2.19. The molecule has 0 aliphatic carbocycles. The van der Waals surface area contributed by atoms with Crippen molar-refractivity contribution in [3.63, 3.8) is 0 Å². The number of hydrogen-bond acceptors (Lipinski definition) is 3. The third kappa shape index (κ3) is 8.45. The number of nitrogens with one attached hydrogen (secondary N) is 1. The predicted molar refractivity (Wildman–Crippen MR) is 63.7 cm³/mol. The number of Topliss-reactive ketones (excluding diaryl/α,β-unsaturated/α-hetero) is 1. The summed E-state index contributed by atoms with van der Waals surface area (Å²) in [7, 11) is 0. The Hall–Kier alpha value is -1.27. The van der Waals surface area contributed by atoms with Crippen molar-refractivity contribution in [2.75, 3.05) is 0 Å². The standard InChI is InChI=1S/C12H20F3NO3/c1-7(2)10(17)9(5-6-12(13,14)15)16-11(18)19-8(3)4/h7-9H,5-6H2,1-4H3,(H,16,18). The van der Waals surface area contributed by atoms with E-state index in [0.717, 1.165) is 0 Å². The highest BCUT2D eigenvalue weighted by molar-refractivity contribution is 5.88. The van der Waals surface area contributed by atoms with E-state index in [1.807, 2.05) is 0 Å². The minimum Gasteiger partial charge on any atom is -0.447 e. The lowest BCUT2D eigenvalue weighted by molar-refractivity contribution is -0.139. The van der Waals surface area contributed by atoms with Gasteiger partial charge in [-0.25, -0.2) is 4.79 Å². The molecule has 7 heteroatoms. The van der Waals surface area contributed by atoms with Crippen LogP contribution in [0.3, 0.4) is 0 Å². The molecule has 4 nitrogen and oxygen atoms in total. The highest BCUT2D eigenvalue weighted by Gasteiger charge is 2.32. The Kier molecular flexibility index (Phi) is 6.86. The van der Waals surface area contributed by atoms with Crippen molar-refractivity contribution in [1.82, 2.24) is 5.32 Å². The van der Waals surface area contributed by atoms with Gasteiger partial charge in [0.25, 0.3) is 0 Å². The molecule has 0 saturated carbocycles. The smallest absolute Gasteiger partial charge is 0.407 e. The van der Waals surface area contributed by atoms with Crippen LogP contribution in [-0.4, -0.2) is 30.2 Å². The molecule has 0 aromatic rings. The molecule has 0 spiro atoms. The van der Waals surface area contributed by atoms with Gasteiger partial charge in [0.15, 0.2) is 5.78 Å². The fraction of sp³-hybridized carbons (Fsp3) is 0.833. The summed E-state index contributed by atoms with van der Waals surface area (Å²) in [6.45, 7) is 6.35. The number of hydrogen-bond donors (Lipinski definition) is 1. The lowest BCUT2D eigenvalue weighted by Crippen LogP contribution is -2.44. The van der Waals surface area contributed by atoms with E-state index in [1.54, 1.807) is 27.7 Å². The van der Waals surface area contributed by atoms with Crippen molar-refractivity contribution in [2.45, 2.75) is 58.9 Å². The second-order valence-electron chi connectivity index (χ2n) is 4.86. The van der Waals surface area contributed by atoms with E-state index >= 15 is 0 Å². The summed E-state index contributed by atoms with van der Waals surface area (Å²) >= 11 is 0. The van der Waals surface area contributed by atoms with Gasteiger partial charge in [0, 0.05) is 12.3 Å². The van der Waals surface area contributed by atoms with E-state index in [-0.39, 0.29) is 0 Å². The molecule has 0 aliphatic heterocycles. The van der Waals surface area contributed by atoms with Crippen LogP contribution in [0.2, 0.25) is 0 Å². The first-order chi connectivity index (χ1) is 8.53. The predicted octanol–water partition coefficient (Wildman–Crippen LogP) is 3.06. The molecule has 0 aromatic heterocycles. The first-order valence-corrected chi connectivity index (χ1v) is 6.10. The molecule has 0 aromatic carbocycles. The highest BCUT2D eigenvalue weighted by atomic mass is 19.4. The second kappa shape index (κ2) is 7.35. The average Bonchev–Trinajstić information content (AvgIpc) is 2.20. The topological polar surface area (TPSA) is 55.4 Å². The van der Waals surface area contributed by atoms with Crippen molar-refractivity contribution in [2.24, 2.45) is 5.92 Å². The number of carbonyl (C=O) groups is 2. The van der Waals surface area contributed by atoms with Crippen LogP contribution in [0, 0.1) is 5.92 Å². The molecular weight excluding hydrogens is 263 g/mol. The minimum absolute atomic E-state index is 0.405. The molecule has 0 aliphatic rings. The van der Waals surface area contributed by atoms with E-state index in [9.17, 15) is 22.8 Å². The van der Waals surface area contributed by atoms with E-state index in [4.69, 9.17) is 4.74 Å². The summed E-state index contributed by atoms with van der Waals surface area (Å²) in [5.41, 5.74) is 0. The minimum atomic E-state index is -4.36. The number of ketones is 1. The Morgan fingerprint density at radius 1 is 1.16 bits per heavy atom. The van der Waals surface area contributed by atoms with E-state index < -0.39 is 49.0 Å². The van der Waals surface area contributed by atoms with Crippen LogP contribution < -0.4 is 5.32 Å². The van der Waals surface area contributed by atoms with E-state index in [1.165, 1.54) is 0 Å². The number of ether oxygens (including phenoxy) is 1. The number of carbonyl (C=O) groups excluding carboxylic acids is 2. The van der Waals surface area contributed by atoms with E-state index in [2.05, 4.69) is 5.32 Å². The van der Waals surface area contributed by atoms with Crippen LogP contribution in [0.5, 0.6) is 0 Å². The van der Waals surface area contributed by atoms with Gasteiger partial charge in [-0.2, -0.15) is 13.2 Å². The molecule has 0 saturated heterocycles. The quantitative estimate of drug-likeness (QED) is 0.815. The fourth-order valence-electron chi connectivity index (χ4n) is 1.39. The maximum atomic E-state index is 12.2. The molecule has 112 valence electrons. The fourth-order valence-corrected chi connectivity index (χ4v) is 1.39. The van der Waals surface area contributed by atoms with Gasteiger partial charge in [0.2, 0.25) is 0 Å². The molecule has 1 atom stereocenters. The van der Waals surface area contributed by atoms with Gasteiger partial charge in [-0.3, -0.25) is 4.79 Å². The summed E-state index contributed by atoms with van der Waals surface area (Å²) in [6.07, 6.45) is -7.25. The Morgan fingerprint density at radius 2 is 1.68 bits per heavy atom. The summed E-state index contributed by atoms with van der Waals surface area (Å²) in [6, 6.07) is -1.17. The Labute approximate surface area is 110 Å². The Morgan fingerprint density at radius 3 is 2.05 bits per heavy atom. The molecular formula is C12H20F3NO3. The zero-order valence-corrected chi connectivity index (χ0v) is 11.5. The summed E-state index contributed by atoms with van der Waals surface area (Å²) in [5.74, 6) is -0.900. The van der Waals surface area contributed by atoms with Gasteiger partial charge in [-0.1, -0.05) is 13.8 Å². The Balaban J connectivity index is 4.59. The molecule has 0 bridgehead atoms. The number of alkyl carbamates (subject to hydrolysis) is 1. The van der Waals surface area contributed by atoms with Gasteiger partial charge in [-0.05, 0) is 20.3 Å². The van der Waals surface area contributed by atoms with Gasteiger partial charge in [0.05, 0.1) is 12.1 Å². The highest BCUT2D eigenvalue weighted by Crippen LogP contribution is 2.23. The molecule has 19 heavy (non-hydrogen) atoms. The average molecular weight is 283 g/mol. The molecule has 1 amide bonds. The van der Waals surface area contributed by atoms with Crippen molar-refractivity contribution in [1.29, 1.82) is 0 Å². The van der Waals surface area contributed by atoms with Crippen molar-refractivity contribution in [3.05, 3.63) is 0 Å². The summed E-state index contributed by atoms with van der Waals surface area (Å²) in [4.78, 5) is 23.1. The summed E-state index contributed by atoms with van der Waals surface area (Å²) < 4.78 is 41.3. The number of rotatable bonds is 6. The largest absolute Gasteiger partial charge is 0.447 e. The lowest BCUT2D eigenvalue weighted by Gasteiger charge is -2.20. The SMILES string of the molecule is CC(C)OC(=O)NC(CCC(F)(F)F)C(=O)C(C)C. The number of alkyl halides is 3. The third-order valence-electron chi connectivity index (χ3n) is 2.26. The van der Waals surface area contributed by atoms with Gasteiger partial charge in [0.1, 0.15) is 0 Å². The van der Waals surface area contributed by atoms with Crippen LogP contribution >= 0.6 is 0 Å². The zero-order valence-electron chi connectivity index (χ0n) is 11.5. The zero-order chi connectivity index (χ0) is 15.2. The van der Waals surface area contributed by atoms with Gasteiger partial charge in [-0.15, -0.1) is 0 Å². The van der Waals surface area contributed by atoms with Crippen LogP contribution in [0.1, 0.15) is 40.5 Å². The van der Waals surface area contributed by atoms with Gasteiger partial charge >= 0.3 is 12.3 Å². The van der Waals surface area contributed by atoms with Gasteiger partial charge < -0.3 is 10.1 Å².